The molecule has 0 aliphatic carbocycles. The van der Waals surface area contributed by atoms with Gasteiger partial charge in [-0.1, -0.05) is 13.3 Å². The summed E-state index contributed by atoms with van der Waals surface area (Å²) in [6.07, 6.45) is 5.58. The molecule has 0 saturated carbocycles. The summed E-state index contributed by atoms with van der Waals surface area (Å²) >= 11 is 1.69. The molecule has 2 bridgehead atoms. The monoisotopic (exact) mass is 531 g/mol. The van der Waals surface area contributed by atoms with E-state index in [1.165, 1.54) is 0 Å². The minimum atomic E-state index is -0.597. The van der Waals surface area contributed by atoms with Crippen LogP contribution in [0.5, 0.6) is 5.75 Å². The molecule has 3 heterocycles. The number of benzene rings is 1. The summed E-state index contributed by atoms with van der Waals surface area (Å²) in [6, 6.07) is 6.70. The first-order valence-electron chi connectivity index (χ1n) is 13.7. The Bertz CT molecular complexity index is 989. The minimum Gasteiger partial charge on any atom is -0.494 e. The second-order valence-corrected chi connectivity index (χ2v) is 12.5. The number of nitrogens with zero attached hydrogens (tertiary/aromatic N) is 1. The summed E-state index contributed by atoms with van der Waals surface area (Å²) in [7, 11) is 0. The molecule has 3 N–H and O–H groups in total. The van der Waals surface area contributed by atoms with Crippen molar-refractivity contribution >= 4 is 35.2 Å². The molecule has 5 atom stereocenters. The Morgan fingerprint density at radius 3 is 2.54 bits per heavy atom. The number of ether oxygens (including phenoxy) is 1. The number of thioether (sulfide) groups is 1. The van der Waals surface area contributed by atoms with Crippen molar-refractivity contribution in [2.45, 2.75) is 81.3 Å². The number of likely N-dealkylation sites (tertiary alicyclic amines) is 1. The van der Waals surface area contributed by atoms with Gasteiger partial charge < -0.3 is 25.4 Å². The Labute approximate surface area is 224 Å². The molecule has 3 amide bonds. The maximum absolute atomic E-state index is 14.0. The summed E-state index contributed by atoms with van der Waals surface area (Å²) in [5.41, 5.74) is 0.666. The topological polar surface area (TPSA) is 108 Å². The average Bonchev–Trinajstić information content (AvgIpc) is 3.44. The zero-order valence-corrected chi connectivity index (χ0v) is 23.1. The van der Waals surface area contributed by atoms with Crippen LogP contribution in [0.1, 0.15) is 65.7 Å². The van der Waals surface area contributed by atoms with Crippen LogP contribution in [-0.2, 0) is 14.4 Å². The molecule has 3 saturated heterocycles. The van der Waals surface area contributed by atoms with Crippen molar-refractivity contribution in [1.82, 2.24) is 10.2 Å². The van der Waals surface area contributed by atoms with Crippen LogP contribution >= 0.6 is 11.8 Å². The number of aliphatic hydroxyl groups is 1. The molecule has 0 aromatic heterocycles. The van der Waals surface area contributed by atoms with E-state index < -0.39 is 27.4 Å². The van der Waals surface area contributed by atoms with Gasteiger partial charge in [-0.05, 0) is 76.6 Å². The Kier molecular flexibility index (Phi) is 8.74. The molecule has 3 fully saturated rings. The van der Waals surface area contributed by atoms with Gasteiger partial charge in [-0.2, -0.15) is 0 Å². The number of nitrogens with one attached hydrogen (secondary N) is 2. The van der Waals surface area contributed by atoms with Crippen LogP contribution in [0.25, 0.3) is 0 Å². The number of hydrogen-bond donors (Lipinski definition) is 3. The van der Waals surface area contributed by atoms with Crippen LogP contribution in [0.4, 0.5) is 5.69 Å². The number of rotatable bonds is 13. The van der Waals surface area contributed by atoms with Gasteiger partial charge in [-0.3, -0.25) is 14.4 Å². The van der Waals surface area contributed by atoms with E-state index in [2.05, 4.69) is 24.5 Å². The van der Waals surface area contributed by atoms with Gasteiger partial charge in [0.2, 0.25) is 17.7 Å². The van der Waals surface area contributed by atoms with Crippen LogP contribution in [0.3, 0.4) is 0 Å². The van der Waals surface area contributed by atoms with Crippen molar-refractivity contribution in [1.29, 1.82) is 0 Å². The first-order chi connectivity index (χ1) is 17.8. The zero-order chi connectivity index (χ0) is 26.6. The fourth-order valence-corrected chi connectivity index (χ4v) is 8.80. The second-order valence-electron chi connectivity index (χ2n) is 10.6. The van der Waals surface area contributed by atoms with Gasteiger partial charge in [0.05, 0.1) is 23.2 Å². The molecule has 37 heavy (non-hydrogen) atoms. The van der Waals surface area contributed by atoms with Gasteiger partial charge in [0, 0.05) is 30.1 Å². The minimum absolute atomic E-state index is 0.0811. The maximum atomic E-state index is 14.0. The molecule has 2 unspecified atom stereocenters. The first kappa shape index (κ1) is 27.8. The Hall–Kier alpha value is -2.26. The number of unbranched alkanes of at least 4 members (excludes halogenated alkanes) is 3. The molecule has 1 aromatic carbocycles. The number of fused-ring (bicyclic) bond motifs is 1. The molecule has 204 valence electrons. The van der Waals surface area contributed by atoms with Crippen molar-refractivity contribution in [3.8, 4) is 5.75 Å². The molecule has 1 spiro atoms. The molecule has 3 aliphatic heterocycles. The third-order valence-corrected chi connectivity index (χ3v) is 10.1. The quantitative estimate of drug-likeness (QED) is 0.336. The van der Waals surface area contributed by atoms with E-state index in [1.54, 1.807) is 16.7 Å². The van der Waals surface area contributed by atoms with Crippen molar-refractivity contribution in [3.05, 3.63) is 24.3 Å². The number of carbonyl (C=O) groups is 3. The van der Waals surface area contributed by atoms with E-state index >= 15 is 0 Å². The number of aliphatic hydroxyl groups excluding tert-OH is 1. The predicted octanol–water partition coefficient (Wildman–Crippen LogP) is 3.58. The number of hydrogen-bond acceptors (Lipinski definition) is 6. The van der Waals surface area contributed by atoms with Gasteiger partial charge in [0.25, 0.3) is 0 Å². The summed E-state index contributed by atoms with van der Waals surface area (Å²) < 4.78 is 4.50. The first-order valence-corrected chi connectivity index (χ1v) is 14.6. The summed E-state index contributed by atoms with van der Waals surface area (Å²) in [5.74, 6) is -0.649. The number of anilines is 1. The summed E-state index contributed by atoms with van der Waals surface area (Å²) in [6.45, 7) is 7.82. The molecule has 8 nitrogen and oxygen atoms in total. The highest BCUT2D eigenvalue weighted by molar-refractivity contribution is 8.02. The van der Waals surface area contributed by atoms with Crippen LogP contribution < -0.4 is 15.4 Å². The highest BCUT2D eigenvalue weighted by Crippen LogP contribution is 2.71. The predicted molar refractivity (Wildman–Crippen MR) is 146 cm³/mol. The fourth-order valence-electron chi connectivity index (χ4n) is 6.44. The normalized spacial score (nSPS) is 29.9. The summed E-state index contributed by atoms with van der Waals surface area (Å²) in [5, 5.41) is 15.3. The van der Waals surface area contributed by atoms with E-state index in [0.717, 1.165) is 44.3 Å². The Morgan fingerprint density at radius 2 is 1.86 bits per heavy atom. The van der Waals surface area contributed by atoms with Gasteiger partial charge in [0.15, 0.2) is 0 Å². The van der Waals surface area contributed by atoms with E-state index in [9.17, 15) is 19.5 Å². The SMILES string of the molecule is CCCCNC(=O)C1N(CCCCCO)C(=O)[C@@H]2[C@@H](C(=O)Nc3ccc(OCC)cc3)[C@@]3(C)CCC12S3. The van der Waals surface area contributed by atoms with E-state index in [0.29, 0.717) is 31.8 Å². The number of carbonyl (C=O) groups excluding carboxylic acids is 3. The Morgan fingerprint density at radius 1 is 1.11 bits per heavy atom. The van der Waals surface area contributed by atoms with Crippen molar-refractivity contribution in [2.24, 2.45) is 11.8 Å². The molecule has 9 heteroatoms. The van der Waals surface area contributed by atoms with Crippen LogP contribution in [0.2, 0.25) is 0 Å². The lowest BCUT2D eigenvalue weighted by molar-refractivity contribution is -0.139. The second kappa shape index (κ2) is 11.6. The van der Waals surface area contributed by atoms with Gasteiger partial charge in [-0.15, -0.1) is 11.8 Å². The zero-order valence-electron chi connectivity index (χ0n) is 22.3. The van der Waals surface area contributed by atoms with E-state index in [4.69, 9.17) is 4.74 Å². The van der Waals surface area contributed by atoms with Crippen molar-refractivity contribution in [3.63, 3.8) is 0 Å². The van der Waals surface area contributed by atoms with Gasteiger partial charge in [0.1, 0.15) is 11.8 Å². The van der Waals surface area contributed by atoms with Crippen molar-refractivity contribution in [2.75, 3.05) is 31.6 Å². The molecule has 0 radical (unpaired) electrons. The standard InChI is InChI=1S/C28H41N3O5S/c1-4-6-16-29-25(34)23-28-15-14-27(3,37-28)21(22(28)26(35)31(23)17-8-7-9-18-32)24(33)30-19-10-12-20(13-11-19)36-5-2/h10-13,21-23,32H,4-9,14-18H2,1-3H3,(H,29,34)(H,30,33)/t21-,22-,23?,27+,28?/m0/s1. The molecular weight excluding hydrogens is 490 g/mol. The molecular formula is C28H41N3O5S. The van der Waals surface area contributed by atoms with E-state index in [1.807, 2.05) is 31.2 Å². The lowest BCUT2D eigenvalue weighted by Gasteiger charge is -2.34. The number of amides is 3. The largest absolute Gasteiger partial charge is 0.494 e. The summed E-state index contributed by atoms with van der Waals surface area (Å²) in [4.78, 5) is 43.1. The van der Waals surface area contributed by atoms with Crippen LogP contribution in [0, 0.1) is 11.8 Å². The van der Waals surface area contributed by atoms with Gasteiger partial charge in [-0.25, -0.2) is 0 Å². The Balaban J connectivity index is 1.59. The van der Waals surface area contributed by atoms with Crippen LogP contribution in [0.15, 0.2) is 24.3 Å². The third kappa shape index (κ3) is 5.21. The lowest BCUT2D eigenvalue weighted by Crippen LogP contribution is -2.53. The average molecular weight is 532 g/mol. The van der Waals surface area contributed by atoms with Crippen molar-refractivity contribution < 1.29 is 24.2 Å². The highest BCUT2D eigenvalue weighted by atomic mass is 32.2. The fraction of sp³-hybridized carbons (Fsp3) is 0.679. The van der Waals surface area contributed by atoms with E-state index in [-0.39, 0.29) is 24.3 Å². The smallest absolute Gasteiger partial charge is 0.244 e. The third-order valence-electron chi connectivity index (χ3n) is 8.13. The maximum Gasteiger partial charge on any atom is 0.244 e. The molecule has 4 rings (SSSR count). The van der Waals surface area contributed by atoms with Gasteiger partial charge >= 0.3 is 0 Å². The van der Waals surface area contributed by atoms with Crippen LogP contribution in [-0.4, -0.2) is 69.6 Å². The lowest BCUT2D eigenvalue weighted by atomic mass is 9.66. The molecule has 1 aromatic rings. The molecule has 3 aliphatic rings. The highest BCUT2D eigenvalue weighted by Gasteiger charge is 2.76.